The SMILES string of the molecule is C.C.CO[C@@H]1OC(CO)[C@@H](O[C@@H]2OC(CO)[C@@H](C)[C@H](O)C2O)C(O)C1O.OCO. The van der Waals surface area contributed by atoms with Crippen LogP contribution in [0, 0.1) is 5.92 Å². The van der Waals surface area contributed by atoms with E-state index in [1.807, 2.05) is 0 Å². The van der Waals surface area contributed by atoms with Gasteiger partial charge in [-0.1, -0.05) is 21.8 Å². The highest BCUT2D eigenvalue weighted by Gasteiger charge is 2.49. The lowest BCUT2D eigenvalue weighted by Gasteiger charge is -2.46. The molecule has 2 heterocycles. The third-order valence-electron chi connectivity index (χ3n) is 4.59. The fraction of sp³-hybridized carbons (Fsp3) is 1.00. The Kier molecular flexibility index (Phi) is 15.4. The fourth-order valence-corrected chi connectivity index (χ4v) is 2.96. The van der Waals surface area contributed by atoms with Gasteiger partial charge in [0.25, 0.3) is 0 Å². The molecule has 8 N–H and O–H groups in total. The van der Waals surface area contributed by atoms with Crippen molar-refractivity contribution < 1.29 is 59.8 Å². The van der Waals surface area contributed by atoms with Crippen LogP contribution in [-0.4, -0.2) is 123 Å². The second-order valence-electron chi connectivity index (χ2n) is 6.25. The Labute approximate surface area is 170 Å². The molecule has 12 heteroatoms. The maximum Gasteiger partial charge on any atom is 0.187 e. The van der Waals surface area contributed by atoms with Crippen LogP contribution in [0.25, 0.3) is 0 Å². The predicted molar refractivity (Wildman–Crippen MR) is 99.3 cm³/mol. The first-order valence-corrected chi connectivity index (χ1v) is 8.42. The van der Waals surface area contributed by atoms with Gasteiger partial charge in [-0.3, -0.25) is 0 Å². The van der Waals surface area contributed by atoms with E-state index in [0.717, 1.165) is 0 Å². The Bertz CT molecular complexity index is 410. The molecule has 0 aromatic carbocycles. The van der Waals surface area contributed by atoms with Gasteiger partial charge in [0.15, 0.2) is 12.6 Å². The van der Waals surface area contributed by atoms with E-state index >= 15 is 0 Å². The van der Waals surface area contributed by atoms with E-state index in [0.29, 0.717) is 0 Å². The molecule has 2 aliphatic rings. The van der Waals surface area contributed by atoms with Crippen molar-refractivity contribution in [2.75, 3.05) is 27.1 Å². The molecule has 10 atom stereocenters. The summed E-state index contributed by atoms with van der Waals surface area (Å²) in [4.78, 5) is 0. The Morgan fingerprint density at radius 3 is 1.62 bits per heavy atom. The molecule has 0 bridgehead atoms. The van der Waals surface area contributed by atoms with Gasteiger partial charge in [0.2, 0.25) is 0 Å². The molecule has 2 aliphatic heterocycles. The lowest BCUT2D eigenvalue weighted by atomic mass is 9.91. The zero-order valence-corrected chi connectivity index (χ0v) is 15.1. The lowest BCUT2D eigenvalue weighted by Crippen LogP contribution is -2.63. The van der Waals surface area contributed by atoms with E-state index in [2.05, 4.69) is 0 Å². The van der Waals surface area contributed by atoms with Crippen molar-refractivity contribution in [1.82, 2.24) is 0 Å². The molecule has 12 nitrogen and oxygen atoms in total. The van der Waals surface area contributed by atoms with Crippen LogP contribution >= 0.6 is 0 Å². The summed E-state index contributed by atoms with van der Waals surface area (Å²) in [7, 11) is 1.27. The van der Waals surface area contributed by atoms with E-state index in [1.165, 1.54) is 7.11 Å². The molecule has 0 aromatic heterocycles. The molecule has 0 saturated carbocycles. The van der Waals surface area contributed by atoms with E-state index in [4.69, 9.17) is 29.2 Å². The molecule has 0 aromatic rings. The summed E-state index contributed by atoms with van der Waals surface area (Å²) in [6.45, 7) is -0.0845. The van der Waals surface area contributed by atoms with Crippen molar-refractivity contribution in [1.29, 1.82) is 0 Å². The molecule has 0 radical (unpaired) electrons. The number of rotatable bonds is 5. The minimum Gasteiger partial charge on any atom is -0.394 e. The van der Waals surface area contributed by atoms with Gasteiger partial charge in [0, 0.05) is 13.0 Å². The summed E-state index contributed by atoms with van der Waals surface area (Å²) in [5.74, 6) is -0.533. The molecule has 0 spiro atoms. The first-order chi connectivity index (χ1) is 12.8. The third-order valence-corrected chi connectivity index (χ3v) is 4.59. The van der Waals surface area contributed by atoms with Crippen LogP contribution in [-0.2, 0) is 18.9 Å². The molecular weight excluding hydrogens is 396 g/mol. The van der Waals surface area contributed by atoms with E-state index in [-0.39, 0.29) is 14.9 Å². The van der Waals surface area contributed by atoms with Crippen molar-refractivity contribution in [3.63, 3.8) is 0 Å². The quantitative estimate of drug-likeness (QED) is 0.201. The third kappa shape index (κ3) is 7.31. The van der Waals surface area contributed by atoms with Gasteiger partial charge in [0.05, 0.1) is 25.4 Å². The standard InChI is InChI=1S/C14H26O10.CH4O2.2CH4/c1-5-6(3-15)22-14(10(19)8(5)17)24-12-7(4-16)23-13(21-2)11(20)9(12)18;2-1-3;;/h5-20H,3-4H2,1-2H3;2-3H,1H2;2*1H4/t5-,6?,7?,8+,9?,10?,11?,12-,13-,14+;;;/m1.../s1. The van der Waals surface area contributed by atoms with E-state index < -0.39 is 81.2 Å². The van der Waals surface area contributed by atoms with Crippen molar-refractivity contribution in [2.45, 2.75) is 77.1 Å². The average molecular weight is 434 g/mol. The van der Waals surface area contributed by atoms with Crippen LogP contribution in [0.15, 0.2) is 0 Å². The van der Waals surface area contributed by atoms with Crippen LogP contribution in [0.1, 0.15) is 21.8 Å². The van der Waals surface area contributed by atoms with Gasteiger partial charge in [-0.25, -0.2) is 0 Å². The highest BCUT2D eigenvalue weighted by molar-refractivity contribution is 4.93. The smallest absolute Gasteiger partial charge is 0.187 e. The minimum absolute atomic E-state index is 0. The lowest BCUT2D eigenvalue weighted by molar-refractivity contribution is -0.353. The predicted octanol–water partition coefficient (Wildman–Crippen LogP) is -3.27. The van der Waals surface area contributed by atoms with Crippen LogP contribution < -0.4 is 0 Å². The highest BCUT2D eigenvalue weighted by Crippen LogP contribution is 2.31. The van der Waals surface area contributed by atoms with Crippen molar-refractivity contribution >= 4 is 0 Å². The number of methoxy groups -OCH3 is 1. The average Bonchev–Trinajstić information content (AvgIpc) is 2.66. The van der Waals surface area contributed by atoms with E-state index in [1.54, 1.807) is 6.92 Å². The number of aliphatic hydroxyl groups excluding tert-OH is 7. The van der Waals surface area contributed by atoms with Gasteiger partial charge >= 0.3 is 0 Å². The summed E-state index contributed by atoms with van der Waals surface area (Å²) in [5.41, 5.74) is 0. The van der Waals surface area contributed by atoms with Crippen LogP contribution in [0.3, 0.4) is 0 Å². The molecular formula is C17H38O12. The number of aliphatic hydroxyl groups is 8. The zero-order chi connectivity index (χ0) is 20.7. The van der Waals surface area contributed by atoms with Gasteiger partial charge in [-0.05, 0) is 0 Å². The van der Waals surface area contributed by atoms with Crippen molar-refractivity contribution in [3.05, 3.63) is 0 Å². The van der Waals surface area contributed by atoms with Crippen LogP contribution in [0.2, 0.25) is 0 Å². The highest BCUT2D eigenvalue weighted by atomic mass is 16.7. The fourth-order valence-electron chi connectivity index (χ4n) is 2.96. The van der Waals surface area contributed by atoms with Gasteiger partial charge < -0.3 is 59.8 Å². The molecule has 178 valence electrons. The van der Waals surface area contributed by atoms with Crippen LogP contribution in [0.5, 0.6) is 0 Å². The molecule has 2 saturated heterocycles. The molecule has 29 heavy (non-hydrogen) atoms. The molecule has 0 aliphatic carbocycles. The summed E-state index contributed by atoms with van der Waals surface area (Å²) in [6.07, 6.45) is -11.2. The van der Waals surface area contributed by atoms with Gasteiger partial charge in [-0.15, -0.1) is 0 Å². The largest absolute Gasteiger partial charge is 0.394 e. The summed E-state index contributed by atoms with van der Waals surface area (Å²) >= 11 is 0. The van der Waals surface area contributed by atoms with Gasteiger partial charge in [-0.2, -0.15) is 0 Å². The Morgan fingerprint density at radius 1 is 0.724 bits per heavy atom. The zero-order valence-electron chi connectivity index (χ0n) is 15.1. The first kappa shape index (κ1) is 30.7. The first-order valence-electron chi connectivity index (χ1n) is 8.42. The monoisotopic (exact) mass is 434 g/mol. The maximum absolute atomic E-state index is 10.2. The normalized spacial score (nSPS) is 42.0. The summed E-state index contributed by atoms with van der Waals surface area (Å²) in [6, 6.07) is 0. The second-order valence-corrected chi connectivity index (χ2v) is 6.25. The molecule has 2 rings (SSSR count). The number of hydrogen-bond acceptors (Lipinski definition) is 12. The Balaban J connectivity index is 0. The van der Waals surface area contributed by atoms with Gasteiger partial charge in [0.1, 0.15) is 37.3 Å². The summed E-state index contributed by atoms with van der Waals surface area (Å²) in [5, 5.41) is 73.3. The van der Waals surface area contributed by atoms with Crippen molar-refractivity contribution in [3.8, 4) is 0 Å². The Morgan fingerprint density at radius 2 is 1.17 bits per heavy atom. The molecule has 2 fully saturated rings. The molecule has 0 amide bonds. The van der Waals surface area contributed by atoms with Crippen LogP contribution in [0.4, 0.5) is 0 Å². The second kappa shape index (κ2) is 14.5. The van der Waals surface area contributed by atoms with E-state index in [9.17, 15) is 30.6 Å². The topological polar surface area (TPSA) is 199 Å². The minimum atomic E-state index is -1.49. The maximum atomic E-state index is 10.2. The number of ether oxygens (including phenoxy) is 4. The summed E-state index contributed by atoms with van der Waals surface area (Å²) < 4.78 is 21.1. The Hall–Kier alpha value is -0.480. The molecule has 5 unspecified atom stereocenters. The number of hydrogen-bond donors (Lipinski definition) is 8. The van der Waals surface area contributed by atoms with Crippen molar-refractivity contribution in [2.24, 2.45) is 5.92 Å².